The molecule has 1 aromatic carbocycles. The number of amides is 1. The highest BCUT2D eigenvalue weighted by molar-refractivity contribution is 8.15. The smallest absolute Gasteiger partial charge is 0.236 e. The molecule has 2 aliphatic heterocycles. The van der Waals surface area contributed by atoms with Gasteiger partial charge in [0.05, 0.1) is 11.2 Å². The van der Waals surface area contributed by atoms with Crippen molar-refractivity contribution in [1.82, 2.24) is 15.8 Å². The van der Waals surface area contributed by atoms with Crippen LogP contribution in [0.1, 0.15) is 46.6 Å². The Balaban J connectivity index is 1.95. The minimum absolute atomic E-state index is 0.0567. The first-order valence-electron chi connectivity index (χ1n) is 11.0. The van der Waals surface area contributed by atoms with E-state index in [0.29, 0.717) is 30.5 Å². The second-order valence-corrected chi connectivity index (χ2v) is 8.90. The summed E-state index contributed by atoms with van der Waals surface area (Å²) < 4.78 is 0. The highest BCUT2D eigenvalue weighted by Gasteiger charge is 2.44. The molecule has 164 valence electrons. The van der Waals surface area contributed by atoms with Gasteiger partial charge in [-0.1, -0.05) is 37.7 Å². The highest BCUT2D eigenvalue weighted by atomic mass is 32.2. The SMILES string of the molecule is CCc1ccc(N2C(=N)C3C(C)NNC3N=C2SC(CC)C(=O)N(CC)CC)cc1. The summed E-state index contributed by atoms with van der Waals surface area (Å²) in [7, 11) is 0. The molecule has 4 unspecified atom stereocenters. The van der Waals surface area contributed by atoms with Gasteiger partial charge in [0.15, 0.2) is 5.17 Å². The van der Waals surface area contributed by atoms with Gasteiger partial charge in [0, 0.05) is 24.8 Å². The summed E-state index contributed by atoms with van der Waals surface area (Å²) in [6.45, 7) is 11.6. The summed E-state index contributed by atoms with van der Waals surface area (Å²) in [4.78, 5) is 21.8. The van der Waals surface area contributed by atoms with Gasteiger partial charge in [-0.15, -0.1) is 0 Å². The number of hydrazine groups is 1. The maximum atomic E-state index is 13.0. The number of anilines is 1. The zero-order valence-electron chi connectivity index (χ0n) is 18.6. The molecule has 1 saturated heterocycles. The van der Waals surface area contributed by atoms with Crippen LogP contribution in [-0.2, 0) is 11.2 Å². The van der Waals surface area contributed by atoms with Crippen molar-refractivity contribution in [2.75, 3.05) is 18.0 Å². The molecule has 3 N–H and O–H groups in total. The molecule has 1 amide bonds. The van der Waals surface area contributed by atoms with Gasteiger partial charge in [-0.3, -0.25) is 20.5 Å². The summed E-state index contributed by atoms with van der Waals surface area (Å²) in [6.07, 6.45) is 1.49. The predicted molar refractivity (Wildman–Crippen MR) is 126 cm³/mol. The van der Waals surface area contributed by atoms with Gasteiger partial charge in [0.1, 0.15) is 12.0 Å². The Bertz CT molecular complexity index is 791. The summed E-state index contributed by atoms with van der Waals surface area (Å²) in [5.74, 6) is 0.590. The first kappa shape index (κ1) is 22.8. The van der Waals surface area contributed by atoms with Gasteiger partial charge in [-0.05, 0) is 51.3 Å². The Morgan fingerprint density at radius 3 is 2.43 bits per heavy atom. The quantitative estimate of drug-likeness (QED) is 0.619. The number of thioether (sulfide) groups is 1. The van der Waals surface area contributed by atoms with Crippen LogP contribution in [0.15, 0.2) is 29.3 Å². The van der Waals surface area contributed by atoms with Crippen LogP contribution in [0, 0.1) is 11.3 Å². The fraction of sp³-hybridized carbons (Fsp3) is 0.591. The Morgan fingerprint density at radius 1 is 1.20 bits per heavy atom. The molecule has 30 heavy (non-hydrogen) atoms. The molecule has 8 heteroatoms. The van der Waals surface area contributed by atoms with Crippen molar-refractivity contribution in [1.29, 1.82) is 5.41 Å². The molecule has 0 spiro atoms. The maximum absolute atomic E-state index is 13.0. The third-order valence-corrected chi connectivity index (χ3v) is 7.23. The number of nitrogens with zero attached hydrogens (tertiary/aromatic N) is 3. The van der Waals surface area contributed by atoms with Crippen molar-refractivity contribution in [2.45, 2.75) is 64.9 Å². The van der Waals surface area contributed by atoms with Gasteiger partial charge in [-0.2, -0.15) is 0 Å². The minimum atomic E-state index is -0.225. The molecule has 0 saturated carbocycles. The van der Waals surface area contributed by atoms with E-state index < -0.39 is 0 Å². The molecular weight excluding hydrogens is 396 g/mol. The number of carbonyl (C=O) groups is 1. The van der Waals surface area contributed by atoms with Gasteiger partial charge in [0.25, 0.3) is 0 Å². The van der Waals surface area contributed by atoms with Crippen molar-refractivity contribution in [3.05, 3.63) is 29.8 Å². The van der Waals surface area contributed by atoms with Crippen molar-refractivity contribution >= 4 is 34.4 Å². The normalized spacial score (nSPS) is 24.4. The number of rotatable bonds is 7. The summed E-state index contributed by atoms with van der Waals surface area (Å²) in [5.41, 5.74) is 8.61. The Hall–Kier alpha value is -1.90. The number of hydrogen-bond donors (Lipinski definition) is 3. The average Bonchev–Trinajstić information content (AvgIpc) is 3.13. The van der Waals surface area contributed by atoms with Gasteiger partial charge >= 0.3 is 0 Å². The molecule has 7 nitrogen and oxygen atoms in total. The molecular formula is C22H34N6OS. The lowest BCUT2D eigenvalue weighted by Crippen LogP contribution is -2.51. The Morgan fingerprint density at radius 2 is 1.87 bits per heavy atom. The van der Waals surface area contributed by atoms with Crippen LogP contribution in [0.2, 0.25) is 0 Å². The molecule has 0 aromatic heterocycles. The fourth-order valence-electron chi connectivity index (χ4n) is 3.99. The van der Waals surface area contributed by atoms with E-state index in [1.165, 1.54) is 17.3 Å². The molecule has 3 rings (SSSR count). The third kappa shape index (κ3) is 4.40. The third-order valence-electron chi connectivity index (χ3n) is 5.91. The number of benzene rings is 1. The number of nitrogens with one attached hydrogen (secondary N) is 3. The van der Waals surface area contributed by atoms with E-state index >= 15 is 0 Å². The van der Waals surface area contributed by atoms with Gasteiger partial charge < -0.3 is 4.90 Å². The second kappa shape index (κ2) is 9.94. The van der Waals surface area contributed by atoms with Crippen LogP contribution in [0.3, 0.4) is 0 Å². The molecule has 1 aromatic rings. The number of aliphatic imine (C=N–C) groups is 1. The van der Waals surface area contributed by atoms with Crippen molar-refractivity contribution in [3.8, 4) is 0 Å². The zero-order chi connectivity index (χ0) is 21.8. The van der Waals surface area contributed by atoms with E-state index in [-0.39, 0.29) is 29.3 Å². The highest BCUT2D eigenvalue weighted by Crippen LogP contribution is 2.34. The lowest BCUT2D eigenvalue weighted by molar-refractivity contribution is -0.130. The van der Waals surface area contributed by atoms with E-state index in [0.717, 1.165) is 12.1 Å². The van der Waals surface area contributed by atoms with Crippen LogP contribution < -0.4 is 15.8 Å². The first-order valence-corrected chi connectivity index (χ1v) is 11.8. The Labute approximate surface area is 184 Å². The fourth-order valence-corrected chi connectivity index (χ4v) is 5.14. The molecule has 0 bridgehead atoms. The predicted octanol–water partition coefficient (Wildman–Crippen LogP) is 3.22. The number of aryl methyl sites for hydroxylation is 1. The topological polar surface area (TPSA) is 83.8 Å². The lowest BCUT2D eigenvalue weighted by atomic mass is 9.97. The summed E-state index contributed by atoms with van der Waals surface area (Å²) in [5, 5.41) is 9.48. The van der Waals surface area contributed by atoms with Crippen molar-refractivity contribution < 1.29 is 4.79 Å². The zero-order valence-corrected chi connectivity index (χ0v) is 19.4. The number of carbonyl (C=O) groups excluding carboxylic acids is 1. The monoisotopic (exact) mass is 430 g/mol. The molecule has 2 heterocycles. The molecule has 2 aliphatic rings. The second-order valence-electron chi connectivity index (χ2n) is 7.73. The molecule has 0 aliphatic carbocycles. The van der Waals surface area contributed by atoms with Crippen molar-refractivity contribution in [3.63, 3.8) is 0 Å². The van der Waals surface area contributed by atoms with E-state index in [4.69, 9.17) is 10.4 Å². The maximum Gasteiger partial charge on any atom is 0.236 e. The van der Waals surface area contributed by atoms with E-state index in [2.05, 4.69) is 49.0 Å². The van der Waals surface area contributed by atoms with Crippen LogP contribution in [0.25, 0.3) is 0 Å². The summed E-state index contributed by atoms with van der Waals surface area (Å²) in [6, 6.07) is 8.41. The first-order chi connectivity index (χ1) is 14.4. The van der Waals surface area contributed by atoms with Crippen LogP contribution >= 0.6 is 11.8 Å². The number of hydrogen-bond acceptors (Lipinski definition) is 6. The van der Waals surface area contributed by atoms with E-state index in [1.54, 1.807) is 0 Å². The Kier molecular flexibility index (Phi) is 7.55. The molecule has 4 atom stereocenters. The van der Waals surface area contributed by atoms with Crippen LogP contribution in [-0.4, -0.2) is 52.4 Å². The minimum Gasteiger partial charge on any atom is -0.342 e. The van der Waals surface area contributed by atoms with Crippen molar-refractivity contribution in [2.24, 2.45) is 10.9 Å². The van der Waals surface area contributed by atoms with E-state index in [9.17, 15) is 4.79 Å². The van der Waals surface area contributed by atoms with Crippen LogP contribution in [0.4, 0.5) is 5.69 Å². The largest absolute Gasteiger partial charge is 0.342 e. The van der Waals surface area contributed by atoms with Gasteiger partial charge in [0.2, 0.25) is 5.91 Å². The standard InChI is InChI=1S/C22H34N6OS/c1-6-15-10-12-16(13-11-15)28-19(23)18-14(5)25-26-20(18)24-22(28)30-17(7-2)21(29)27(8-3)9-4/h10-14,17-18,20,23,25-26H,6-9H2,1-5H3. The van der Waals surface area contributed by atoms with Gasteiger partial charge in [-0.25, -0.2) is 10.4 Å². The summed E-state index contributed by atoms with van der Waals surface area (Å²) >= 11 is 1.48. The molecule has 0 radical (unpaired) electrons. The van der Waals surface area contributed by atoms with E-state index in [1.807, 2.05) is 30.6 Å². The average molecular weight is 431 g/mol. The number of fused-ring (bicyclic) bond motifs is 1. The van der Waals surface area contributed by atoms with Crippen LogP contribution in [0.5, 0.6) is 0 Å². The molecule has 1 fully saturated rings. The lowest BCUT2D eigenvalue weighted by Gasteiger charge is -2.37. The number of amidine groups is 2.